The van der Waals surface area contributed by atoms with Gasteiger partial charge in [0, 0.05) is 29.4 Å². The summed E-state index contributed by atoms with van der Waals surface area (Å²) < 4.78 is 2.36. The number of hydrogen-bond donors (Lipinski definition) is 0. The average Bonchev–Trinajstić information content (AvgIpc) is 3.26. The van der Waals surface area contributed by atoms with Crippen molar-refractivity contribution in [3.63, 3.8) is 0 Å². The molecule has 0 radical (unpaired) electrons. The maximum atomic E-state index is 2.36. The quantitative estimate of drug-likeness (QED) is 0.330. The Labute approximate surface area is 165 Å². The average molecular weight is 359 g/mol. The van der Waals surface area contributed by atoms with Gasteiger partial charge in [-0.15, -0.1) is 0 Å². The molecular formula is C27H21N. The number of benzene rings is 3. The molecule has 0 fully saturated rings. The van der Waals surface area contributed by atoms with Gasteiger partial charge in [0.05, 0.1) is 5.52 Å². The van der Waals surface area contributed by atoms with Crippen LogP contribution in [-0.2, 0) is 6.42 Å². The summed E-state index contributed by atoms with van der Waals surface area (Å²) in [5.74, 6) is 0. The first-order chi connectivity index (χ1) is 13.9. The summed E-state index contributed by atoms with van der Waals surface area (Å²) in [6.45, 7) is 0. The molecule has 0 amide bonds. The molecule has 0 saturated carbocycles. The van der Waals surface area contributed by atoms with E-state index in [2.05, 4.69) is 120 Å². The third kappa shape index (κ3) is 3.01. The Bertz CT molecular complexity index is 1200. The van der Waals surface area contributed by atoms with Crippen LogP contribution >= 0.6 is 0 Å². The van der Waals surface area contributed by atoms with Crippen molar-refractivity contribution in [1.82, 2.24) is 4.40 Å². The molecule has 3 aromatic carbocycles. The molecule has 1 nitrogen and oxygen atoms in total. The fourth-order valence-electron chi connectivity index (χ4n) is 3.95. The first kappa shape index (κ1) is 16.6. The van der Waals surface area contributed by atoms with E-state index in [1.165, 1.54) is 39.0 Å². The van der Waals surface area contributed by atoms with Gasteiger partial charge in [-0.05, 0) is 34.9 Å². The maximum Gasteiger partial charge on any atom is 0.0531 e. The van der Waals surface area contributed by atoms with E-state index in [4.69, 9.17) is 0 Å². The predicted molar refractivity (Wildman–Crippen MR) is 118 cm³/mol. The van der Waals surface area contributed by atoms with Crippen molar-refractivity contribution in [2.24, 2.45) is 0 Å². The summed E-state index contributed by atoms with van der Waals surface area (Å²) in [4.78, 5) is 0. The molecule has 2 heterocycles. The normalized spacial score (nSPS) is 11.0. The second-order valence-electron chi connectivity index (χ2n) is 7.08. The number of rotatable bonds is 4. The second kappa shape index (κ2) is 7.21. The van der Waals surface area contributed by atoms with Crippen LogP contribution in [0.2, 0.25) is 0 Å². The van der Waals surface area contributed by atoms with Gasteiger partial charge in [0.2, 0.25) is 0 Å². The summed E-state index contributed by atoms with van der Waals surface area (Å²) in [6, 6.07) is 38.8. The monoisotopic (exact) mass is 359 g/mol. The number of nitrogens with zero attached hydrogens (tertiary/aromatic N) is 1. The minimum Gasteiger partial charge on any atom is -0.319 e. The maximum absolute atomic E-state index is 2.36. The Morgan fingerprint density at radius 3 is 1.75 bits per heavy atom. The van der Waals surface area contributed by atoms with Crippen molar-refractivity contribution >= 4 is 5.52 Å². The minimum absolute atomic E-state index is 0.894. The summed E-state index contributed by atoms with van der Waals surface area (Å²) in [6.07, 6.45) is 3.08. The summed E-state index contributed by atoms with van der Waals surface area (Å²) in [5.41, 5.74) is 8.93. The van der Waals surface area contributed by atoms with Crippen molar-refractivity contribution in [2.75, 3.05) is 0 Å². The predicted octanol–water partition coefficient (Wildman–Crippen LogP) is 6.86. The standard InChI is InChI=1S/C27H21N/c1-4-11-21(12-5-1)19-27-25(23-15-8-3-9-16-23)20-24(22-13-6-2-7-14-22)26-17-10-18-28(26)27/h1-18,20H,19H2. The molecule has 28 heavy (non-hydrogen) atoms. The van der Waals surface area contributed by atoms with Crippen LogP contribution in [0.3, 0.4) is 0 Å². The highest BCUT2D eigenvalue weighted by molar-refractivity contribution is 5.86. The molecule has 5 aromatic rings. The van der Waals surface area contributed by atoms with Gasteiger partial charge in [-0.3, -0.25) is 0 Å². The number of aromatic nitrogens is 1. The Hall–Kier alpha value is -3.58. The van der Waals surface area contributed by atoms with Crippen molar-refractivity contribution < 1.29 is 0 Å². The topological polar surface area (TPSA) is 4.41 Å². The van der Waals surface area contributed by atoms with Crippen molar-refractivity contribution in [3.05, 3.63) is 127 Å². The zero-order valence-electron chi connectivity index (χ0n) is 15.6. The molecule has 1 heteroatoms. The molecule has 5 rings (SSSR count). The third-order valence-electron chi connectivity index (χ3n) is 5.30. The molecule has 0 N–H and O–H groups in total. The molecular weight excluding hydrogens is 338 g/mol. The zero-order chi connectivity index (χ0) is 18.8. The highest BCUT2D eigenvalue weighted by Gasteiger charge is 2.15. The minimum atomic E-state index is 0.894. The van der Waals surface area contributed by atoms with Crippen molar-refractivity contribution in [1.29, 1.82) is 0 Å². The smallest absolute Gasteiger partial charge is 0.0531 e. The molecule has 0 saturated heterocycles. The van der Waals surface area contributed by atoms with Gasteiger partial charge >= 0.3 is 0 Å². The van der Waals surface area contributed by atoms with Crippen LogP contribution in [0.25, 0.3) is 27.8 Å². The Balaban J connectivity index is 1.79. The van der Waals surface area contributed by atoms with E-state index >= 15 is 0 Å². The summed E-state index contributed by atoms with van der Waals surface area (Å²) in [5, 5.41) is 0. The molecule has 0 spiro atoms. The first-order valence-electron chi connectivity index (χ1n) is 9.68. The van der Waals surface area contributed by atoms with Crippen molar-refractivity contribution in [2.45, 2.75) is 6.42 Å². The van der Waals surface area contributed by atoms with E-state index in [9.17, 15) is 0 Å². The highest BCUT2D eigenvalue weighted by Crippen LogP contribution is 2.34. The highest BCUT2D eigenvalue weighted by atomic mass is 14.9. The molecule has 0 atom stereocenters. The summed E-state index contributed by atoms with van der Waals surface area (Å²) in [7, 11) is 0. The van der Waals surface area contributed by atoms with Gasteiger partial charge in [0.1, 0.15) is 0 Å². The lowest BCUT2D eigenvalue weighted by molar-refractivity contribution is 1.02. The van der Waals surface area contributed by atoms with Gasteiger partial charge in [-0.25, -0.2) is 0 Å². The van der Waals surface area contributed by atoms with Crippen LogP contribution in [0.4, 0.5) is 0 Å². The molecule has 0 aliphatic heterocycles. The van der Waals surface area contributed by atoms with Gasteiger partial charge in [0.15, 0.2) is 0 Å². The fraction of sp³-hybridized carbons (Fsp3) is 0.0370. The van der Waals surface area contributed by atoms with Crippen LogP contribution in [0.15, 0.2) is 115 Å². The molecule has 0 bridgehead atoms. The van der Waals surface area contributed by atoms with Gasteiger partial charge in [-0.2, -0.15) is 0 Å². The Kier molecular flexibility index (Phi) is 4.27. The molecule has 0 aliphatic rings. The van der Waals surface area contributed by atoms with E-state index in [1.807, 2.05) is 0 Å². The van der Waals surface area contributed by atoms with E-state index < -0.39 is 0 Å². The Morgan fingerprint density at radius 2 is 1.11 bits per heavy atom. The lowest BCUT2D eigenvalue weighted by Crippen LogP contribution is -2.02. The van der Waals surface area contributed by atoms with E-state index in [0.717, 1.165) is 6.42 Å². The van der Waals surface area contributed by atoms with Crippen LogP contribution in [0.5, 0.6) is 0 Å². The van der Waals surface area contributed by atoms with Gasteiger partial charge in [-0.1, -0.05) is 91.0 Å². The van der Waals surface area contributed by atoms with Crippen LogP contribution in [0.1, 0.15) is 11.3 Å². The lowest BCUT2D eigenvalue weighted by Gasteiger charge is -2.17. The van der Waals surface area contributed by atoms with Gasteiger partial charge < -0.3 is 4.40 Å². The number of pyridine rings is 1. The SMILES string of the molecule is c1ccc(Cc2c(-c3ccccc3)cc(-c3ccccc3)c3cccn23)cc1. The zero-order valence-corrected chi connectivity index (χ0v) is 15.6. The number of hydrogen-bond acceptors (Lipinski definition) is 0. The molecule has 2 aromatic heterocycles. The fourth-order valence-corrected chi connectivity index (χ4v) is 3.95. The van der Waals surface area contributed by atoms with E-state index in [0.29, 0.717) is 0 Å². The molecule has 0 unspecified atom stereocenters. The van der Waals surface area contributed by atoms with E-state index in [1.54, 1.807) is 0 Å². The van der Waals surface area contributed by atoms with Crippen molar-refractivity contribution in [3.8, 4) is 22.3 Å². The van der Waals surface area contributed by atoms with Gasteiger partial charge in [0.25, 0.3) is 0 Å². The second-order valence-corrected chi connectivity index (χ2v) is 7.08. The first-order valence-corrected chi connectivity index (χ1v) is 9.68. The van der Waals surface area contributed by atoms with Crippen LogP contribution in [0, 0.1) is 0 Å². The Morgan fingerprint density at radius 1 is 0.536 bits per heavy atom. The molecule has 0 aliphatic carbocycles. The number of fused-ring (bicyclic) bond motifs is 1. The van der Waals surface area contributed by atoms with Crippen LogP contribution in [-0.4, -0.2) is 4.40 Å². The largest absolute Gasteiger partial charge is 0.319 e. The van der Waals surface area contributed by atoms with Crippen LogP contribution < -0.4 is 0 Å². The lowest BCUT2D eigenvalue weighted by atomic mass is 9.95. The van der Waals surface area contributed by atoms with E-state index in [-0.39, 0.29) is 0 Å². The summed E-state index contributed by atoms with van der Waals surface area (Å²) >= 11 is 0. The molecule has 134 valence electrons. The third-order valence-corrected chi connectivity index (χ3v) is 5.30.